The van der Waals surface area contributed by atoms with Crippen LogP contribution in [0.3, 0.4) is 0 Å². The van der Waals surface area contributed by atoms with Gasteiger partial charge in [0.25, 0.3) is 0 Å². The van der Waals surface area contributed by atoms with Crippen LogP contribution in [0.4, 0.5) is 4.79 Å². The number of methoxy groups -OCH3 is 1. The van der Waals surface area contributed by atoms with E-state index in [1.54, 1.807) is 17.0 Å². The summed E-state index contributed by atoms with van der Waals surface area (Å²) in [5.74, 6) is 2.19. The van der Waals surface area contributed by atoms with Crippen LogP contribution in [-0.2, 0) is 16.0 Å². The van der Waals surface area contributed by atoms with Crippen molar-refractivity contribution in [2.24, 2.45) is 5.92 Å². The number of aryl methyl sites for hydroxylation is 1. The predicted octanol–water partition coefficient (Wildman–Crippen LogP) is 6.05. The summed E-state index contributed by atoms with van der Waals surface area (Å²) in [6.45, 7) is 3.22. The normalized spacial score (nSPS) is 16.5. The highest BCUT2D eigenvalue weighted by Crippen LogP contribution is 2.36. The number of nitrogens with zero attached hydrogens (tertiary/aromatic N) is 2. The van der Waals surface area contributed by atoms with E-state index in [0.29, 0.717) is 37.8 Å². The standard InChI is InChI=1S/C32H32N2O6/c1-22-29(33-31(39-22)24-9-5-3-6-10-24)17-18-38-26-15-13-23(14-16-26)28-21-34(20-25(28)19-30(35)37-2)32(36)40-27-11-7-4-8-12-27/h3-16,25,28H,17-21H2,1-2H3/t25-,28-/m0/s1. The molecule has 0 saturated carbocycles. The van der Waals surface area contributed by atoms with Gasteiger partial charge in [0, 0.05) is 31.0 Å². The zero-order valence-electron chi connectivity index (χ0n) is 22.6. The molecule has 0 spiro atoms. The fourth-order valence-corrected chi connectivity index (χ4v) is 5.00. The summed E-state index contributed by atoms with van der Waals surface area (Å²) in [7, 11) is 1.38. The van der Waals surface area contributed by atoms with Gasteiger partial charge in [-0.3, -0.25) is 4.79 Å². The summed E-state index contributed by atoms with van der Waals surface area (Å²) in [5.41, 5.74) is 2.84. The first-order valence-electron chi connectivity index (χ1n) is 13.3. The third-order valence-electron chi connectivity index (χ3n) is 7.13. The Morgan fingerprint density at radius 1 is 0.925 bits per heavy atom. The summed E-state index contributed by atoms with van der Waals surface area (Å²) in [6.07, 6.45) is 0.407. The quantitative estimate of drug-likeness (QED) is 0.239. The van der Waals surface area contributed by atoms with Crippen molar-refractivity contribution in [3.05, 3.63) is 102 Å². The van der Waals surface area contributed by atoms with Crippen molar-refractivity contribution in [3.8, 4) is 23.0 Å². The molecule has 1 fully saturated rings. The molecule has 5 rings (SSSR count). The van der Waals surface area contributed by atoms with Crippen molar-refractivity contribution in [2.75, 3.05) is 26.8 Å². The lowest BCUT2D eigenvalue weighted by molar-refractivity contribution is -0.141. The summed E-state index contributed by atoms with van der Waals surface area (Å²) >= 11 is 0. The highest BCUT2D eigenvalue weighted by molar-refractivity contribution is 5.73. The zero-order valence-corrected chi connectivity index (χ0v) is 22.6. The van der Waals surface area contributed by atoms with E-state index in [9.17, 15) is 9.59 Å². The van der Waals surface area contributed by atoms with Crippen LogP contribution in [0.15, 0.2) is 89.3 Å². The van der Waals surface area contributed by atoms with Crippen LogP contribution in [0.25, 0.3) is 11.5 Å². The molecule has 8 nitrogen and oxygen atoms in total. The van der Waals surface area contributed by atoms with Crippen LogP contribution in [0.1, 0.15) is 29.4 Å². The van der Waals surface area contributed by atoms with Gasteiger partial charge >= 0.3 is 12.1 Å². The Balaban J connectivity index is 1.20. The van der Waals surface area contributed by atoms with Gasteiger partial charge in [-0.25, -0.2) is 9.78 Å². The molecule has 1 aliphatic rings. The number of ether oxygens (including phenoxy) is 3. The summed E-state index contributed by atoms with van der Waals surface area (Å²) in [4.78, 5) is 31.3. The minimum Gasteiger partial charge on any atom is -0.493 e. The van der Waals surface area contributed by atoms with Crippen molar-refractivity contribution in [2.45, 2.75) is 25.7 Å². The second kappa shape index (κ2) is 12.5. The number of para-hydroxylation sites is 1. The van der Waals surface area contributed by atoms with Crippen molar-refractivity contribution >= 4 is 12.1 Å². The van der Waals surface area contributed by atoms with Crippen molar-refractivity contribution in [1.82, 2.24) is 9.88 Å². The van der Waals surface area contributed by atoms with Gasteiger partial charge in [-0.05, 0) is 54.8 Å². The molecule has 2 heterocycles. The number of oxazole rings is 1. The Kier molecular flexibility index (Phi) is 8.44. The molecule has 0 radical (unpaired) electrons. The number of carbonyl (C=O) groups is 2. The number of esters is 1. The molecule has 1 saturated heterocycles. The second-order valence-electron chi connectivity index (χ2n) is 9.79. The number of benzene rings is 3. The molecule has 8 heteroatoms. The van der Waals surface area contributed by atoms with E-state index < -0.39 is 6.09 Å². The lowest BCUT2D eigenvalue weighted by Gasteiger charge is -2.18. The number of hydrogen-bond donors (Lipinski definition) is 0. The van der Waals surface area contributed by atoms with Crippen LogP contribution in [0, 0.1) is 12.8 Å². The van der Waals surface area contributed by atoms with E-state index in [4.69, 9.17) is 18.6 Å². The Morgan fingerprint density at radius 3 is 2.33 bits per heavy atom. The van der Waals surface area contributed by atoms with Gasteiger partial charge in [0.1, 0.15) is 17.3 Å². The number of rotatable bonds is 9. The molecule has 3 aromatic carbocycles. The minimum atomic E-state index is -0.429. The molecular weight excluding hydrogens is 508 g/mol. The van der Waals surface area contributed by atoms with Gasteiger partial charge in [-0.1, -0.05) is 48.5 Å². The van der Waals surface area contributed by atoms with Gasteiger partial charge in [-0.2, -0.15) is 0 Å². The van der Waals surface area contributed by atoms with E-state index in [1.165, 1.54) is 7.11 Å². The maximum atomic E-state index is 12.8. The largest absolute Gasteiger partial charge is 0.493 e. The monoisotopic (exact) mass is 540 g/mol. The van der Waals surface area contributed by atoms with Gasteiger partial charge in [0.05, 0.1) is 25.8 Å². The summed E-state index contributed by atoms with van der Waals surface area (Å²) in [5, 5.41) is 0. The van der Waals surface area contributed by atoms with Gasteiger partial charge in [0.2, 0.25) is 5.89 Å². The average Bonchev–Trinajstić information content (AvgIpc) is 3.58. The molecule has 1 aliphatic heterocycles. The summed E-state index contributed by atoms with van der Waals surface area (Å²) in [6, 6.07) is 26.6. The molecule has 0 aliphatic carbocycles. The smallest absolute Gasteiger partial charge is 0.415 e. The third-order valence-corrected chi connectivity index (χ3v) is 7.13. The average molecular weight is 541 g/mol. The molecule has 40 heavy (non-hydrogen) atoms. The number of hydrogen-bond acceptors (Lipinski definition) is 7. The van der Waals surface area contributed by atoms with Crippen molar-refractivity contribution in [1.29, 1.82) is 0 Å². The van der Waals surface area contributed by atoms with Crippen LogP contribution in [-0.4, -0.2) is 48.8 Å². The zero-order chi connectivity index (χ0) is 27.9. The maximum Gasteiger partial charge on any atom is 0.415 e. The van der Waals surface area contributed by atoms with Crippen LogP contribution in [0.5, 0.6) is 11.5 Å². The Hall–Kier alpha value is -4.59. The molecule has 4 aromatic rings. The Bertz CT molecular complexity index is 1420. The summed E-state index contributed by atoms with van der Waals surface area (Å²) < 4.78 is 22.3. The van der Waals surface area contributed by atoms with Crippen LogP contribution >= 0.6 is 0 Å². The second-order valence-corrected chi connectivity index (χ2v) is 9.79. The van der Waals surface area contributed by atoms with Crippen LogP contribution < -0.4 is 9.47 Å². The number of aromatic nitrogens is 1. The van der Waals surface area contributed by atoms with Gasteiger partial charge in [-0.15, -0.1) is 0 Å². The first kappa shape index (κ1) is 27.0. The van der Waals surface area contributed by atoms with Crippen LogP contribution in [0.2, 0.25) is 0 Å². The van der Waals surface area contributed by atoms with Gasteiger partial charge in [0.15, 0.2) is 0 Å². The van der Waals surface area contributed by atoms with Crippen molar-refractivity contribution in [3.63, 3.8) is 0 Å². The fraction of sp³-hybridized carbons (Fsp3) is 0.281. The highest BCUT2D eigenvalue weighted by Gasteiger charge is 2.38. The maximum absolute atomic E-state index is 12.8. The first-order valence-corrected chi connectivity index (χ1v) is 13.3. The minimum absolute atomic E-state index is 0.0364. The molecule has 0 bridgehead atoms. The highest BCUT2D eigenvalue weighted by atomic mass is 16.6. The molecule has 0 unspecified atom stereocenters. The lowest BCUT2D eigenvalue weighted by Crippen LogP contribution is -2.31. The molecule has 0 N–H and O–H groups in total. The first-order chi connectivity index (χ1) is 19.5. The Labute approximate surface area is 233 Å². The molecule has 2 atom stereocenters. The lowest BCUT2D eigenvalue weighted by atomic mass is 9.87. The van der Waals surface area contributed by atoms with E-state index >= 15 is 0 Å². The Morgan fingerprint density at radius 2 is 1.62 bits per heavy atom. The third kappa shape index (κ3) is 6.51. The molecule has 1 amide bonds. The molecule has 1 aromatic heterocycles. The molecular formula is C32H32N2O6. The number of carbonyl (C=O) groups excluding carboxylic acids is 2. The van der Waals surface area contributed by atoms with E-state index in [0.717, 1.165) is 28.3 Å². The number of amides is 1. The number of likely N-dealkylation sites (tertiary alicyclic amines) is 1. The molecule has 206 valence electrons. The van der Waals surface area contributed by atoms with E-state index in [-0.39, 0.29) is 24.2 Å². The predicted molar refractivity (Wildman–Crippen MR) is 149 cm³/mol. The van der Waals surface area contributed by atoms with Crippen molar-refractivity contribution < 1.29 is 28.2 Å². The van der Waals surface area contributed by atoms with E-state index in [2.05, 4.69) is 4.98 Å². The topological polar surface area (TPSA) is 91.1 Å². The fourth-order valence-electron chi connectivity index (χ4n) is 5.00. The SMILES string of the molecule is COC(=O)C[C@H]1CN(C(=O)Oc2ccccc2)C[C@H]1c1ccc(OCCc2nc(-c3ccccc3)oc2C)cc1. The van der Waals surface area contributed by atoms with E-state index in [1.807, 2.05) is 79.7 Å². The van der Waals surface area contributed by atoms with Gasteiger partial charge < -0.3 is 23.5 Å².